The lowest BCUT2D eigenvalue weighted by atomic mass is 9.99. The van der Waals surface area contributed by atoms with Crippen LogP contribution in [-0.4, -0.2) is 17.3 Å². The Morgan fingerprint density at radius 3 is 2.50 bits per heavy atom. The van der Waals surface area contributed by atoms with E-state index in [0.717, 1.165) is 21.6 Å². The highest BCUT2D eigenvalue weighted by Crippen LogP contribution is 2.34. The minimum atomic E-state index is -0.573. The zero-order valence-electron chi connectivity index (χ0n) is 17.4. The van der Waals surface area contributed by atoms with E-state index in [1.165, 1.54) is 12.1 Å². The molecular weight excluding hydrogens is 429 g/mol. The molecule has 166 valence electrons. The van der Waals surface area contributed by atoms with Crippen LogP contribution in [0.5, 0.6) is 0 Å². The molecule has 0 fully saturated rings. The highest BCUT2D eigenvalue weighted by atomic mass is 32.1. The van der Waals surface area contributed by atoms with Crippen molar-refractivity contribution in [2.75, 3.05) is 0 Å². The molecule has 2 atom stereocenters. The number of ether oxygens (including phenoxy) is 2. The van der Waals surface area contributed by atoms with E-state index < -0.39 is 6.29 Å². The quantitative estimate of drug-likeness (QED) is 0.522. The summed E-state index contributed by atoms with van der Waals surface area (Å²) in [5.41, 5.74) is 2.59. The Bertz CT molecular complexity index is 1050. The summed E-state index contributed by atoms with van der Waals surface area (Å²) in [6.07, 6.45) is 1.86. The van der Waals surface area contributed by atoms with Crippen LogP contribution in [0.2, 0.25) is 0 Å². The van der Waals surface area contributed by atoms with Crippen LogP contribution in [0.25, 0.3) is 0 Å². The van der Waals surface area contributed by atoms with Crippen molar-refractivity contribution in [3.8, 4) is 0 Å². The monoisotopic (exact) mass is 453 g/mol. The molecule has 0 spiro atoms. The molecule has 1 aliphatic heterocycles. The predicted molar refractivity (Wildman–Crippen MR) is 120 cm³/mol. The predicted octanol–water partition coefficient (Wildman–Crippen LogP) is 4.63. The van der Waals surface area contributed by atoms with E-state index in [1.54, 1.807) is 23.5 Å². The molecule has 7 heteroatoms. The van der Waals surface area contributed by atoms with Crippen molar-refractivity contribution in [1.82, 2.24) is 5.32 Å². The van der Waals surface area contributed by atoms with Gasteiger partial charge in [-0.15, -0.1) is 11.3 Å². The molecule has 0 aliphatic carbocycles. The number of halogens is 1. The van der Waals surface area contributed by atoms with Gasteiger partial charge in [-0.3, -0.25) is 4.79 Å². The molecule has 1 amide bonds. The zero-order valence-corrected chi connectivity index (χ0v) is 18.2. The third-order valence-corrected chi connectivity index (χ3v) is 6.20. The smallest absolute Gasteiger partial charge is 0.286 e. The van der Waals surface area contributed by atoms with Gasteiger partial charge in [0, 0.05) is 23.8 Å². The van der Waals surface area contributed by atoms with Gasteiger partial charge in [-0.2, -0.15) is 0 Å². The van der Waals surface area contributed by atoms with Crippen molar-refractivity contribution in [2.24, 2.45) is 0 Å². The van der Waals surface area contributed by atoms with Crippen LogP contribution < -0.4 is 5.32 Å². The van der Waals surface area contributed by atoms with Crippen molar-refractivity contribution < 1.29 is 23.8 Å². The molecule has 32 heavy (non-hydrogen) atoms. The maximum Gasteiger partial charge on any atom is 0.286 e. The zero-order chi connectivity index (χ0) is 22.3. The number of aliphatic hydroxyl groups is 1. The van der Waals surface area contributed by atoms with Crippen LogP contribution in [0.3, 0.4) is 0 Å². The number of amides is 1. The average molecular weight is 454 g/mol. The number of carbonyl (C=O) groups is 1. The van der Waals surface area contributed by atoms with Gasteiger partial charge in [-0.05, 0) is 46.3 Å². The number of aliphatic hydroxyl groups excluding tert-OH is 1. The maximum atomic E-state index is 13.1. The number of carbonyl (C=O) groups excluding carboxylic acids is 1. The minimum Gasteiger partial charge on any atom is -0.459 e. The second kappa shape index (κ2) is 10.5. The van der Waals surface area contributed by atoms with Crippen LogP contribution >= 0.6 is 11.3 Å². The van der Waals surface area contributed by atoms with Crippen molar-refractivity contribution in [2.45, 2.75) is 38.4 Å². The summed E-state index contributed by atoms with van der Waals surface area (Å²) < 4.78 is 25.0. The number of rotatable bonds is 8. The van der Waals surface area contributed by atoms with Crippen LogP contribution in [0.1, 0.15) is 33.9 Å². The summed E-state index contributed by atoms with van der Waals surface area (Å²) in [5.74, 6) is -0.422. The lowest BCUT2D eigenvalue weighted by Crippen LogP contribution is -2.32. The lowest BCUT2D eigenvalue weighted by molar-refractivity contribution is -0.150. The second-order valence-corrected chi connectivity index (χ2v) is 8.51. The van der Waals surface area contributed by atoms with Gasteiger partial charge >= 0.3 is 0 Å². The van der Waals surface area contributed by atoms with E-state index in [4.69, 9.17) is 9.47 Å². The van der Waals surface area contributed by atoms with Gasteiger partial charge in [-0.1, -0.05) is 42.5 Å². The van der Waals surface area contributed by atoms with Gasteiger partial charge in [0.15, 0.2) is 5.76 Å². The van der Waals surface area contributed by atoms with E-state index in [-0.39, 0.29) is 36.6 Å². The number of benzene rings is 2. The molecule has 2 aromatic carbocycles. The first-order valence-corrected chi connectivity index (χ1v) is 11.2. The molecule has 0 bridgehead atoms. The fraction of sp³-hybridized carbons (Fsp3) is 0.240. The summed E-state index contributed by atoms with van der Waals surface area (Å²) in [5, 5.41) is 14.0. The molecule has 0 radical (unpaired) electrons. The largest absolute Gasteiger partial charge is 0.459 e. The maximum absolute atomic E-state index is 13.1. The Hall–Kier alpha value is -3.00. The molecule has 0 unspecified atom stereocenters. The Labute approximate surface area is 190 Å². The third-order valence-electron chi connectivity index (χ3n) is 5.20. The highest BCUT2D eigenvalue weighted by Gasteiger charge is 2.29. The van der Waals surface area contributed by atoms with Crippen molar-refractivity contribution in [3.63, 3.8) is 0 Å². The summed E-state index contributed by atoms with van der Waals surface area (Å²) in [6, 6.07) is 17.5. The average Bonchev–Trinajstić information content (AvgIpc) is 3.37. The topological polar surface area (TPSA) is 67.8 Å². The van der Waals surface area contributed by atoms with E-state index in [9.17, 15) is 14.3 Å². The number of nitrogens with one attached hydrogen (secondary N) is 1. The summed E-state index contributed by atoms with van der Waals surface area (Å²) in [6.45, 7) is 0.598. The van der Waals surface area contributed by atoms with Gasteiger partial charge in [0.2, 0.25) is 6.29 Å². The van der Waals surface area contributed by atoms with Crippen molar-refractivity contribution >= 4 is 17.2 Å². The van der Waals surface area contributed by atoms with E-state index in [0.29, 0.717) is 13.0 Å². The second-order valence-electron chi connectivity index (χ2n) is 7.53. The Balaban J connectivity index is 1.42. The van der Waals surface area contributed by atoms with Gasteiger partial charge in [-0.25, -0.2) is 4.39 Å². The first-order chi connectivity index (χ1) is 15.6. The first-order valence-electron chi connectivity index (χ1n) is 10.4. The molecular formula is C25H24FNO4S. The van der Waals surface area contributed by atoms with E-state index in [2.05, 4.69) is 5.32 Å². The summed E-state index contributed by atoms with van der Waals surface area (Å²) in [4.78, 5) is 13.9. The van der Waals surface area contributed by atoms with Crippen LogP contribution in [-0.2, 0) is 34.0 Å². The molecule has 0 saturated heterocycles. The van der Waals surface area contributed by atoms with Gasteiger partial charge in [0.1, 0.15) is 5.82 Å². The summed E-state index contributed by atoms with van der Waals surface area (Å²) >= 11 is 1.63. The number of allylic oxidation sites excluding steroid dienone is 1. The van der Waals surface area contributed by atoms with Gasteiger partial charge in [0.25, 0.3) is 5.91 Å². The lowest BCUT2D eigenvalue weighted by Gasteiger charge is -2.28. The SMILES string of the molecule is O=C(NCc1ccc(F)cc1)C1=C[C@H](c2cccs2)C[C@H](OCc2ccc(CO)cc2)O1. The molecule has 0 saturated carbocycles. The molecule has 5 nitrogen and oxygen atoms in total. The number of thiophene rings is 1. The normalized spacial score (nSPS) is 18.0. The minimum absolute atomic E-state index is 0.00342. The van der Waals surface area contributed by atoms with Crippen molar-refractivity contribution in [3.05, 3.63) is 105 Å². The van der Waals surface area contributed by atoms with Gasteiger partial charge < -0.3 is 19.9 Å². The molecule has 2 heterocycles. The summed E-state index contributed by atoms with van der Waals surface area (Å²) in [7, 11) is 0. The van der Waals surface area contributed by atoms with Crippen molar-refractivity contribution in [1.29, 1.82) is 0 Å². The highest BCUT2D eigenvalue weighted by molar-refractivity contribution is 7.10. The van der Waals surface area contributed by atoms with E-state index >= 15 is 0 Å². The molecule has 2 N–H and O–H groups in total. The van der Waals surface area contributed by atoms with Crippen LogP contribution in [0, 0.1) is 5.82 Å². The molecule has 3 aromatic rings. The number of hydrogen-bond acceptors (Lipinski definition) is 5. The van der Waals surface area contributed by atoms with Gasteiger partial charge in [0.05, 0.1) is 13.2 Å². The molecule has 4 rings (SSSR count). The molecule has 1 aliphatic rings. The third kappa shape index (κ3) is 5.82. The van der Waals surface area contributed by atoms with E-state index in [1.807, 2.05) is 47.9 Å². The molecule has 1 aromatic heterocycles. The number of hydrogen-bond donors (Lipinski definition) is 2. The fourth-order valence-electron chi connectivity index (χ4n) is 3.42. The van der Waals surface area contributed by atoms with Crippen LogP contribution in [0.15, 0.2) is 77.9 Å². The Kier molecular flexibility index (Phi) is 7.32. The fourth-order valence-corrected chi connectivity index (χ4v) is 4.23. The Morgan fingerprint density at radius 2 is 1.81 bits per heavy atom. The standard InChI is InChI=1S/C25H24FNO4S/c26-21-9-7-17(8-10-21)14-27-25(29)22-12-20(23-2-1-11-32-23)13-24(31-22)30-16-19-5-3-18(15-28)4-6-19/h1-12,20,24,28H,13-16H2,(H,27,29)/t20-,24+/m0/s1. The first kappa shape index (κ1) is 22.2. The Morgan fingerprint density at radius 1 is 1.09 bits per heavy atom. The van der Waals surface area contributed by atoms with Crippen LogP contribution in [0.4, 0.5) is 4.39 Å².